The molecule has 0 aliphatic heterocycles. The summed E-state index contributed by atoms with van der Waals surface area (Å²) in [4.78, 5) is 37.8. The monoisotopic (exact) mass is 518 g/mol. The zero-order valence-electron chi connectivity index (χ0n) is 21.7. The normalized spacial score (nSPS) is 11.3. The summed E-state index contributed by atoms with van der Waals surface area (Å²) in [7, 11) is 1.60. The molecule has 0 atom stereocenters. The highest BCUT2D eigenvalue weighted by Gasteiger charge is 2.20. The van der Waals surface area contributed by atoms with E-state index in [1.54, 1.807) is 32.6 Å². The van der Waals surface area contributed by atoms with Gasteiger partial charge in [-0.05, 0) is 49.2 Å². The lowest BCUT2D eigenvalue weighted by Gasteiger charge is -2.12. The third-order valence-electron chi connectivity index (χ3n) is 6.83. The first-order chi connectivity index (χ1) is 18.9. The van der Waals surface area contributed by atoms with Crippen LogP contribution >= 0.6 is 0 Å². The summed E-state index contributed by atoms with van der Waals surface area (Å²) in [6.07, 6.45) is 5.10. The fraction of sp³-hybridized carbons (Fsp3) is 0.133. The Morgan fingerprint density at radius 2 is 1.79 bits per heavy atom. The Labute approximate surface area is 223 Å². The smallest absolute Gasteiger partial charge is 0.290 e. The van der Waals surface area contributed by atoms with Gasteiger partial charge < -0.3 is 19.4 Å². The first-order valence-corrected chi connectivity index (χ1v) is 12.6. The average molecular weight is 519 g/mol. The van der Waals surface area contributed by atoms with Crippen molar-refractivity contribution in [3.63, 3.8) is 0 Å². The molecule has 4 aromatic heterocycles. The van der Waals surface area contributed by atoms with E-state index < -0.39 is 0 Å². The third kappa shape index (κ3) is 4.23. The number of carbonyl (C=O) groups is 1. The van der Waals surface area contributed by atoms with E-state index in [2.05, 4.69) is 30.9 Å². The number of benzene rings is 2. The van der Waals surface area contributed by atoms with Crippen LogP contribution < -0.4 is 10.9 Å². The quantitative estimate of drug-likeness (QED) is 0.297. The minimum absolute atomic E-state index is 0.167. The molecule has 1 amide bonds. The highest BCUT2D eigenvalue weighted by molar-refractivity contribution is 6.11. The Morgan fingerprint density at radius 1 is 1.00 bits per heavy atom. The van der Waals surface area contributed by atoms with Crippen LogP contribution in [0.25, 0.3) is 44.7 Å². The van der Waals surface area contributed by atoms with Crippen molar-refractivity contribution in [3.05, 3.63) is 101 Å². The molecule has 0 bridgehead atoms. The summed E-state index contributed by atoms with van der Waals surface area (Å²) >= 11 is 0. The molecule has 0 aliphatic rings. The number of carbonyl (C=O) groups excluding carboxylic acids is 1. The number of aromatic amines is 1. The molecule has 39 heavy (non-hydrogen) atoms. The molecule has 9 nitrogen and oxygen atoms in total. The topological polar surface area (TPSA) is 111 Å². The van der Waals surface area contributed by atoms with E-state index in [9.17, 15) is 9.59 Å². The second-order valence-electron chi connectivity index (χ2n) is 9.25. The van der Waals surface area contributed by atoms with Gasteiger partial charge in [0.2, 0.25) is 0 Å². The molecule has 0 saturated carbocycles. The zero-order valence-corrected chi connectivity index (χ0v) is 21.7. The minimum Gasteiger partial charge on any atom is -0.381 e. The largest absolute Gasteiger partial charge is 0.381 e. The number of pyridine rings is 1. The van der Waals surface area contributed by atoms with E-state index in [1.807, 2.05) is 61.5 Å². The van der Waals surface area contributed by atoms with Crippen molar-refractivity contribution in [2.75, 3.05) is 5.32 Å². The molecule has 2 aromatic carbocycles. The maximum absolute atomic E-state index is 13.5. The maximum atomic E-state index is 13.5. The first kappa shape index (κ1) is 24.2. The van der Waals surface area contributed by atoms with Crippen molar-refractivity contribution in [3.8, 4) is 33.8 Å². The van der Waals surface area contributed by atoms with E-state index in [0.717, 1.165) is 39.1 Å². The third-order valence-corrected chi connectivity index (χ3v) is 6.83. The predicted octanol–water partition coefficient (Wildman–Crippen LogP) is 5.63. The van der Waals surface area contributed by atoms with Gasteiger partial charge in [0.25, 0.3) is 11.5 Å². The number of amides is 1. The van der Waals surface area contributed by atoms with Crippen LogP contribution in [0.4, 0.5) is 5.69 Å². The van der Waals surface area contributed by atoms with Crippen molar-refractivity contribution in [1.82, 2.24) is 24.3 Å². The van der Waals surface area contributed by atoms with Gasteiger partial charge in [0, 0.05) is 54.5 Å². The molecule has 0 radical (unpaired) electrons. The van der Waals surface area contributed by atoms with Gasteiger partial charge in [-0.1, -0.05) is 36.4 Å². The number of H-pyrrole nitrogens is 1. The molecule has 0 spiro atoms. The number of anilines is 1. The second kappa shape index (κ2) is 9.60. The van der Waals surface area contributed by atoms with Gasteiger partial charge in [-0.2, -0.15) is 4.74 Å². The van der Waals surface area contributed by atoms with Crippen molar-refractivity contribution >= 4 is 22.5 Å². The van der Waals surface area contributed by atoms with Gasteiger partial charge in [0.1, 0.15) is 11.6 Å². The summed E-state index contributed by atoms with van der Waals surface area (Å²) in [5.41, 5.74) is 5.73. The van der Waals surface area contributed by atoms with Crippen LogP contribution in [0, 0.1) is 6.92 Å². The zero-order chi connectivity index (χ0) is 27.1. The molecule has 2 N–H and O–H groups in total. The van der Waals surface area contributed by atoms with E-state index in [0.29, 0.717) is 29.2 Å². The number of nitrogens with zero attached hydrogens (tertiary/aromatic N) is 4. The molecule has 9 heteroatoms. The van der Waals surface area contributed by atoms with Crippen molar-refractivity contribution < 1.29 is 9.32 Å². The Morgan fingerprint density at radius 3 is 2.49 bits per heavy atom. The summed E-state index contributed by atoms with van der Waals surface area (Å²) in [5, 5.41) is 3.91. The van der Waals surface area contributed by atoms with E-state index in [-0.39, 0.29) is 11.5 Å². The van der Waals surface area contributed by atoms with Gasteiger partial charge >= 0.3 is 0 Å². The first-order valence-electron chi connectivity index (χ1n) is 12.6. The Kier molecular flexibility index (Phi) is 5.95. The number of nitrogens with one attached hydrogen (secondary N) is 2. The van der Waals surface area contributed by atoms with Crippen LogP contribution in [0.15, 0.2) is 88.6 Å². The van der Waals surface area contributed by atoms with Crippen LogP contribution in [0.2, 0.25) is 0 Å². The number of hydrogen-bond acceptors (Lipinski definition) is 5. The highest BCUT2D eigenvalue weighted by atomic mass is 16.5. The van der Waals surface area contributed by atoms with Gasteiger partial charge in [-0.15, -0.1) is 0 Å². The van der Waals surface area contributed by atoms with Crippen molar-refractivity contribution in [2.45, 2.75) is 20.4 Å². The lowest BCUT2D eigenvalue weighted by Crippen LogP contribution is -2.15. The Balaban J connectivity index is 1.36. The molecule has 0 unspecified atom stereocenters. The van der Waals surface area contributed by atoms with E-state index in [4.69, 9.17) is 4.52 Å². The predicted molar refractivity (Wildman–Crippen MR) is 150 cm³/mol. The standard InChI is InChI=1S/C30H26N6O3/c1-4-36-24(19-8-10-20(11-9-19)25-18(2)39-35(3)30(25)38)17-21-12-13-31-26(27(21)36)29(37)34-23-7-5-6-22(16-23)28-32-14-15-33-28/h5-17H,4H2,1-3H3,(H,32,33)(H,34,37). The maximum Gasteiger partial charge on any atom is 0.290 e. The average Bonchev–Trinajstić information content (AvgIpc) is 3.67. The molecular weight excluding hydrogens is 492 g/mol. The minimum atomic E-state index is -0.293. The van der Waals surface area contributed by atoms with E-state index >= 15 is 0 Å². The second-order valence-corrected chi connectivity index (χ2v) is 9.25. The van der Waals surface area contributed by atoms with Gasteiger partial charge in [-0.3, -0.25) is 9.59 Å². The lowest BCUT2D eigenvalue weighted by molar-refractivity contribution is 0.102. The fourth-order valence-electron chi connectivity index (χ4n) is 5.04. The number of rotatable bonds is 6. The molecule has 6 aromatic rings. The molecule has 0 fully saturated rings. The summed E-state index contributed by atoms with van der Waals surface area (Å²) < 4.78 is 8.77. The summed E-state index contributed by atoms with van der Waals surface area (Å²) in [6, 6.07) is 19.3. The molecule has 0 saturated heterocycles. The van der Waals surface area contributed by atoms with Crippen LogP contribution in [-0.4, -0.2) is 30.2 Å². The molecule has 194 valence electrons. The molecule has 6 rings (SSSR count). The van der Waals surface area contributed by atoms with Crippen LogP contribution in [0.5, 0.6) is 0 Å². The highest BCUT2D eigenvalue weighted by Crippen LogP contribution is 2.32. The Bertz CT molecular complexity index is 1870. The number of imidazole rings is 1. The summed E-state index contributed by atoms with van der Waals surface area (Å²) in [6.45, 7) is 4.46. The lowest BCUT2D eigenvalue weighted by atomic mass is 10.0. The van der Waals surface area contributed by atoms with Gasteiger partial charge in [0.05, 0.1) is 11.1 Å². The Hall–Kier alpha value is -5.18. The fourth-order valence-corrected chi connectivity index (χ4v) is 5.04. The van der Waals surface area contributed by atoms with Crippen LogP contribution in [-0.2, 0) is 13.6 Å². The van der Waals surface area contributed by atoms with Gasteiger partial charge in [-0.25, -0.2) is 9.97 Å². The molecule has 4 heterocycles. The number of aromatic nitrogens is 5. The van der Waals surface area contributed by atoms with Crippen LogP contribution in [0.3, 0.4) is 0 Å². The van der Waals surface area contributed by atoms with Gasteiger partial charge in [0.15, 0.2) is 5.69 Å². The van der Waals surface area contributed by atoms with Crippen molar-refractivity contribution in [1.29, 1.82) is 0 Å². The SMILES string of the molecule is CCn1c(-c2ccc(-c3c(C)on(C)c3=O)cc2)cc2ccnc(C(=O)Nc3cccc(-c4ncc[nH]4)c3)c21. The van der Waals surface area contributed by atoms with Crippen molar-refractivity contribution in [2.24, 2.45) is 7.05 Å². The number of fused-ring (bicyclic) bond motifs is 1. The summed E-state index contributed by atoms with van der Waals surface area (Å²) in [5.74, 6) is 1.01. The van der Waals surface area contributed by atoms with E-state index in [1.165, 1.54) is 4.74 Å². The van der Waals surface area contributed by atoms with Crippen LogP contribution in [0.1, 0.15) is 23.2 Å². The number of aryl methyl sites for hydroxylation is 3. The number of hydrogen-bond donors (Lipinski definition) is 2. The molecular formula is C30H26N6O3. The molecule has 0 aliphatic carbocycles.